The van der Waals surface area contributed by atoms with Crippen molar-refractivity contribution in [2.45, 2.75) is 57.6 Å². The summed E-state index contributed by atoms with van der Waals surface area (Å²) in [6, 6.07) is 19.2. The van der Waals surface area contributed by atoms with E-state index in [9.17, 15) is 18.0 Å². The van der Waals surface area contributed by atoms with E-state index in [0.29, 0.717) is 17.9 Å². The van der Waals surface area contributed by atoms with Crippen LogP contribution in [0.3, 0.4) is 0 Å². The molecule has 0 radical (unpaired) electrons. The van der Waals surface area contributed by atoms with E-state index in [4.69, 9.17) is 9.47 Å². The van der Waals surface area contributed by atoms with Gasteiger partial charge in [0.25, 0.3) is 10.0 Å². The molecule has 3 aromatic carbocycles. The number of methoxy groups -OCH3 is 2. The highest BCUT2D eigenvalue weighted by atomic mass is 32.2. The minimum Gasteiger partial charge on any atom is -0.497 e. The summed E-state index contributed by atoms with van der Waals surface area (Å²) < 4.78 is 39.6. The molecule has 0 aliphatic carbocycles. The zero-order valence-electron chi connectivity index (χ0n) is 24.5. The summed E-state index contributed by atoms with van der Waals surface area (Å²) in [6.45, 7) is 6.96. The maximum Gasteiger partial charge on any atom is 0.264 e. The van der Waals surface area contributed by atoms with Crippen LogP contribution in [0.15, 0.2) is 77.7 Å². The average Bonchev–Trinajstić information content (AvgIpc) is 2.95. The van der Waals surface area contributed by atoms with E-state index in [2.05, 4.69) is 5.32 Å². The minimum atomic E-state index is -4.16. The van der Waals surface area contributed by atoms with Gasteiger partial charge >= 0.3 is 0 Å². The summed E-state index contributed by atoms with van der Waals surface area (Å²) in [5, 5.41) is 2.89. The average molecular weight is 582 g/mol. The smallest absolute Gasteiger partial charge is 0.264 e. The monoisotopic (exact) mass is 581 g/mol. The van der Waals surface area contributed by atoms with Crippen molar-refractivity contribution >= 4 is 27.5 Å². The van der Waals surface area contributed by atoms with E-state index in [-0.39, 0.29) is 29.1 Å². The first kappa shape index (κ1) is 31.5. The molecule has 3 aromatic rings. The van der Waals surface area contributed by atoms with Gasteiger partial charge in [-0.25, -0.2) is 8.42 Å². The fourth-order valence-corrected chi connectivity index (χ4v) is 5.77. The molecule has 41 heavy (non-hydrogen) atoms. The van der Waals surface area contributed by atoms with Crippen LogP contribution >= 0.6 is 0 Å². The number of aryl methyl sites for hydroxylation is 1. The number of amides is 2. The van der Waals surface area contributed by atoms with Gasteiger partial charge in [0.1, 0.15) is 24.1 Å². The Morgan fingerprint density at radius 3 is 2.10 bits per heavy atom. The van der Waals surface area contributed by atoms with Crippen LogP contribution in [0.4, 0.5) is 5.69 Å². The topological polar surface area (TPSA) is 105 Å². The van der Waals surface area contributed by atoms with Crippen molar-refractivity contribution in [2.24, 2.45) is 0 Å². The van der Waals surface area contributed by atoms with Crippen molar-refractivity contribution in [3.63, 3.8) is 0 Å². The normalized spacial score (nSPS) is 12.0. The first-order chi connectivity index (χ1) is 19.5. The summed E-state index contributed by atoms with van der Waals surface area (Å²) in [4.78, 5) is 28.8. The van der Waals surface area contributed by atoms with E-state index >= 15 is 0 Å². The lowest BCUT2D eigenvalue weighted by molar-refractivity contribution is -0.140. The van der Waals surface area contributed by atoms with E-state index in [1.54, 1.807) is 55.6 Å². The Morgan fingerprint density at radius 1 is 0.902 bits per heavy atom. The van der Waals surface area contributed by atoms with Crippen LogP contribution in [-0.4, -0.2) is 58.0 Å². The third-order valence-electron chi connectivity index (χ3n) is 6.56. The van der Waals surface area contributed by atoms with E-state index in [0.717, 1.165) is 15.4 Å². The predicted octanol–water partition coefficient (Wildman–Crippen LogP) is 4.54. The number of carbonyl (C=O) groups is 2. The van der Waals surface area contributed by atoms with Crippen LogP contribution in [0, 0.1) is 6.92 Å². The lowest BCUT2D eigenvalue weighted by Gasteiger charge is -2.33. The highest BCUT2D eigenvalue weighted by Crippen LogP contribution is 2.28. The standard InChI is InChI=1S/C31H39N3O6S/c1-7-29(31(36)32-22(2)3)33(20-24-13-15-26(39-5)16-14-24)30(35)21-34(25-9-8-10-27(19-25)40-6)41(37,38)28-17-11-23(4)12-18-28/h8-19,22,29H,7,20-21H2,1-6H3,(H,32,36)/t29-/m0/s1. The van der Waals surface area contributed by atoms with Crippen LogP contribution in [0.5, 0.6) is 11.5 Å². The Hall–Kier alpha value is -4.05. The third-order valence-corrected chi connectivity index (χ3v) is 8.35. The molecular weight excluding hydrogens is 542 g/mol. The predicted molar refractivity (Wildman–Crippen MR) is 160 cm³/mol. The first-order valence-electron chi connectivity index (χ1n) is 13.5. The molecule has 0 fully saturated rings. The number of carbonyl (C=O) groups excluding carboxylic acids is 2. The number of benzene rings is 3. The number of rotatable bonds is 13. The molecule has 0 saturated carbocycles. The number of hydrogen-bond donors (Lipinski definition) is 1. The highest BCUT2D eigenvalue weighted by molar-refractivity contribution is 7.92. The number of nitrogens with one attached hydrogen (secondary N) is 1. The molecule has 0 heterocycles. The summed E-state index contributed by atoms with van der Waals surface area (Å²) in [5.41, 5.74) is 1.94. The van der Waals surface area contributed by atoms with Gasteiger partial charge in [-0.3, -0.25) is 13.9 Å². The van der Waals surface area contributed by atoms with Crippen LogP contribution in [0.1, 0.15) is 38.3 Å². The summed E-state index contributed by atoms with van der Waals surface area (Å²) in [7, 11) is -1.11. The van der Waals surface area contributed by atoms with Gasteiger partial charge in [-0.15, -0.1) is 0 Å². The maximum atomic E-state index is 14.1. The fourth-order valence-electron chi connectivity index (χ4n) is 4.36. The second-order valence-electron chi connectivity index (χ2n) is 9.98. The van der Waals surface area contributed by atoms with E-state index < -0.39 is 28.5 Å². The SMILES string of the molecule is CC[C@@H](C(=O)NC(C)C)N(Cc1ccc(OC)cc1)C(=O)CN(c1cccc(OC)c1)S(=O)(=O)c1ccc(C)cc1. The first-order valence-corrected chi connectivity index (χ1v) is 14.9. The molecule has 1 N–H and O–H groups in total. The van der Waals surface area contributed by atoms with Crippen LogP contribution in [0.25, 0.3) is 0 Å². The molecule has 10 heteroatoms. The van der Waals surface area contributed by atoms with Gasteiger partial charge in [0.2, 0.25) is 11.8 Å². The Balaban J connectivity index is 2.07. The molecule has 0 saturated heterocycles. The van der Waals surface area contributed by atoms with Gasteiger partial charge in [0.15, 0.2) is 0 Å². The number of nitrogens with zero attached hydrogens (tertiary/aromatic N) is 2. The van der Waals surface area contributed by atoms with Crippen molar-refractivity contribution in [3.05, 3.63) is 83.9 Å². The largest absolute Gasteiger partial charge is 0.497 e. The van der Waals surface area contributed by atoms with Crippen molar-refractivity contribution < 1.29 is 27.5 Å². The Labute approximate surface area is 243 Å². The van der Waals surface area contributed by atoms with Gasteiger partial charge in [0, 0.05) is 18.7 Å². The molecule has 0 spiro atoms. The van der Waals surface area contributed by atoms with Crippen LogP contribution in [0.2, 0.25) is 0 Å². The lowest BCUT2D eigenvalue weighted by atomic mass is 10.1. The van der Waals surface area contributed by atoms with Gasteiger partial charge in [-0.05, 0) is 69.2 Å². The molecule has 220 valence electrons. The summed E-state index contributed by atoms with van der Waals surface area (Å²) in [6.07, 6.45) is 0.338. The molecule has 0 bridgehead atoms. The number of anilines is 1. The Morgan fingerprint density at radius 2 is 1.54 bits per heavy atom. The summed E-state index contributed by atoms with van der Waals surface area (Å²) in [5.74, 6) is 0.269. The molecule has 3 rings (SSSR count). The number of hydrogen-bond acceptors (Lipinski definition) is 6. The Kier molecular flexibility index (Phi) is 10.8. The van der Waals surface area contributed by atoms with Gasteiger partial charge in [0.05, 0.1) is 24.8 Å². The molecule has 1 atom stereocenters. The maximum absolute atomic E-state index is 14.1. The fraction of sp³-hybridized carbons (Fsp3) is 0.355. The summed E-state index contributed by atoms with van der Waals surface area (Å²) >= 11 is 0. The van der Waals surface area contributed by atoms with Gasteiger partial charge in [-0.1, -0.05) is 42.8 Å². The zero-order valence-corrected chi connectivity index (χ0v) is 25.3. The molecule has 2 amide bonds. The van der Waals surface area contributed by atoms with Gasteiger partial charge in [-0.2, -0.15) is 0 Å². The van der Waals surface area contributed by atoms with Crippen LogP contribution < -0.4 is 19.1 Å². The molecule has 0 aromatic heterocycles. The van der Waals surface area contributed by atoms with Gasteiger partial charge < -0.3 is 19.7 Å². The van der Waals surface area contributed by atoms with Crippen molar-refractivity contribution in [1.82, 2.24) is 10.2 Å². The van der Waals surface area contributed by atoms with Crippen molar-refractivity contribution in [3.8, 4) is 11.5 Å². The molecular formula is C31H39N3O6S. The van der Waals surface area contributed by atoms with Crippen molar-refractivity contribution in [2.75, 3.05) is 25.1 Å². The number of ether oxygens (including phenoxy) is 2. The van der Waals surface area contributed by atoms with E-state index in [1.165, 1.54) is 24.1 Å². The zero-order chi connectivity index (χ0) is 30.2. The molecule has 0 aliphatic heterocycles. The van der Waals surface area contributed by atoms with Crippen molar-refractivity contribution in [1.29, 1.82) is 0 Å². The second kappa shape index (κ2) is 14.0. The molecule has 0 aliphatic rings. The quantitative estimate of drug-likeness (QED) is 0.318. The molecule has 9 nitrogen and oxygen atoms in total. The van der Waals surface area contributed by atoms with Crippen LogP contribution in [-0.2, 0) is 26.2 Å². The molecule has 0 unspecified atom stereocenters. The number of sulfonamides is 1. The minimum absolute atomic E-state index is 0.0463. The Bertz CT molecular complexity index is 1420. The highest BCUT2D eigenvalue weighted by Gasteiger charge is 2.34. The third kappa shape index (κ3) is 8.00. The second-order valence-corrected chi connectivity index (χ2v) is 11.8. The van der Waals surface area contributed by atoms with E-state index in [1.807, 2.05) is 39.8 Å². The lowest BCUT2D eigenvalue weighted by Crippen LogP contribution is -2.53.